The Kier molecular flexibility index (Phi) is 6.78. The Balaban J connectivity index is 1.54. The largest absolute Gasteiger partial charge is 0.326 e. The predicted octanol–water partition coefficient (Wildman–Crippen LogP) is 3.96. The molecule has 0 aliphatic heterocycles. The van der Waals surface area contributed by atoms with Crippen LogP contribution in [0.3, 0.4) is 0 Å². The molecular weight excluding hydrogens is 430 g/mol. The molecule has 3 amide bonds. The summed E-state index contributed by atoms with van der Waals surface area (Å²) >= 11 is 0. The Hall–Kier alpha value is -4.72. The molecule has 0 fully saturated rings. The number of rotatable bonds is 6. The molecular formula is C26H23N5O3. The van der Waals surface area contributed by atoms with E-state index < -0.39 is 11.8 Å². The van der Waals surface area contributed by atoms with Crippen LogP contribution in [-0.2, 0) is 4.79 Å². The van der Waals surface area contributed by atoms with E-state index in [0.717, 1.165) is 11.3 Å². The number of carbonyl (C=O) groups is 3. The summed E-state index contributed by atoms with van der Waals surface area (Å²) in [6, 6.07) is 25.3. The number of anilines is 1. The first-order valence-corrected chi connectivity index (χ1v) is 10.8. The van der Waals surface area contributed by atoms with Gasteiger partial charge in [0, 0.05) is 29.4 Å². The number of hydrogen-bond donors (Lipinski definition) is 3. The van der Waals surface area contributed by atoms with Gasteiger partial charge in [0.25, 0.3) is 11.8 Å². The molecule has 0 aliphatic carbocycles. The van der Waals surface area contributed by atoms with Gasteiger partial charge in [-0.05, 0) is 30.3 Å². The highest BCUT2D eigenvalue weighted by atomic mass is 16.2. The zero-order valence-electron chi connectivity index (χ0n) is 18.5. The number of hydrogen-bond acceptors (Lipinski definition) is 4. The van der Waals surface area contributed by atoms with Crippen molar-refractivity contribution in [3.05, 3.63) is 102 Å². The van der Waals surface area contributed by atoms with Crippen LogP contribution in [-0.4, -0.2) is 27.5 Å². The van der Waals surface area contributed by atoms with Crippen LogP contribution in [0.15, 0.2) is 91.1 Å². The highest BCUT2D eigenvalue weighted by Crippen LogP contribution is 2.23. The topological polar surface area (TPSA) is 105 Å². The maximum atomic E-state index is 13.0. The van der Waals surface area contributed by atoms with Gasteiger partial charge in [-0.3, -0.25) is 25.2 Å². The summed E-state index contributed by atoms with van der Waals surface area (Å²) in [4.78, 5) is 37.3. The lowest BCUT2D eigenvalue weighted by atomic mass is 10.1. The number of benzene rings is 3. The van der Waals surface area contributed by atoms with Gasteiger partial charge in [0.15, 0.2) is 0 Å². The number of nitrogens with zero attached hydrogens (tertiary/aromatic N) is 2. The van der Waals surface area contributed by atoms with Crippen LogP contribution in [0.5, 0.6) is 0 Å². The predicted molar refractivity (Wildman–Crippen MR) is 129 cm³/mol. The normalized spacial score (nSPS) is 10.4. The van der Waals surface area contributed by atoms with E-state index in [4.69, 9.17) is 0 Å². The number of para-hydroxylation sites is 1. The highest BCUT2D eigenvalue weighted by molar-refractivity contribution is 6.03. The van der Waals surface area contributed by atoms with Gasteiger partial charge in [0.05, 0.1) is 11.3 Å². The molecule has 0 spiro atoms. The van der Waals surface area contributed by atoms with Crippen molar-refractivity contribution in [2.75, 3.05) is 5.32 Å². The lowest BCUT2D eigenvalue weighted by molar-refractivity contribution is -0.115. The summed E-state index contributed by atoms with van der Waals surface area (Å²) in [6.07, 6.45) is 1.95. The van der Waals surface area contributed by atoms with Crippen molar-refractivity contribution < 1.29 is 14.4 Å². The second-order valence-corrected chi connectivity index (χ2v) is 7.43. The molecule has 4 aromatic rings. The Labute approximate surface area is 196 Å². The minimum Gasteiger partial charge on any atom is -0.326 e. The van der Waals surface area contributed by atoms with E-state index in [-0.39, 0.29) is 11.5 Å². The maximum absolute atomic E-state index is 13.0. The third kappa shape index (κ3) is 5.18. The fourth-order valence-corrected chi connectivity index (χ4v) is 3.30. The van der Waals surface area contributed by atoms with Gasteiger partial charge in [0.2, 0.25) is 5.91 Å². The summed E-state index contributed by atoms with van der Waals surface area (Å²) in [5.41, 5.74) is 8.05. The Morgan fingerprint density at radius 1 is 0.824 bits per heavy atom. The molecule has 0 bridgehead atoms. The van der Waals surface area contributed by atoms with E-state index in [1.807, 2.05) is 60.7 Å². The third-order valence-corrected chi connectivity index (χ3v) is 5.05. The maximum Gasteiger partial charge on any atom is 0.273 e. The molecule has 0 radical (unpaired) electrons. The van der Waals surface area contributed by atoms with E-state index in [0.29, 0.717) is 23.4 Å². The van der Waals surface area contributed by atoms with Crippen molar-refractivity contribution in [1.29, 1.82) is 0 Å². The quantitative estimate of drug-likeness (QED) is 0.384. The molecule has 4 rings (SSSR count). The molecule has 170 valence electrons. The molecule has 0 atom stereocenters. The molecule has 0 saturated heterocycles. The van der Waals surface area contributed by atoms with Crippen molar-refractivity contribution in [3.8, 4) is 16.9 Å². The Bertz CT molecular complexity index is 1320. The van der Waals surface area contributed by atoms with E-state index in [1.54, 1.807) is 36.0 Å². The average Bonchev–Trinajstić information content (AvgIpc) is 3.34. The van der Waals surface area contributed by atoms with Crippen LogP contribution >= 0.6 is 0 Å². The minimum absolute atomic E-state index is 0.158. The highest BCUT2D eigenvalue weighted by Gasteiger charge is 2.19. The van der Waals surface area contributed by atoms with Gasteiger partial charge in [-0.25, -0.2) is 4.68 Å². The van der Waals surface area contributed by atoms with Crippen LogP contribution in [0.25, 0.3) is 16.9 Å². The van der Waals surface area contributed by atoms with Gasteiger partial charge in [-0.15, -0.1) is 0 Å². The summed E-state index contributed by atoms with van der Waals surface area (Å²) in [7, 11) is 0. The zero-order chi connectivity index (χ0) is 23.9. The lowest BCUT2D eigenvalue weighted by Gasteiger charge is -2.09. The third-order valence-electron chi connectivity index (χ3n) is 5.05. The van der Waals surface area contributed by atoms with E-state index in [9.17, 15) is 14.4 Å². The van der Waals surface area contributed by atoms with Gasteiger partial charge in [-0.2, -0.15) is 5.10 Å². The fourth-order valence-electron chi connectivity index (χ4n) is 3.30. The van der Waals surface area contributed by atoms with Crippen LogP contribution in [0.1, 0.15) is 34.1 Å². The smallest absolute Gasteiger partial charge is 0.273 e. The summed E-state index contributed by atoms with van der Waals surface area (Å²) < 4.78 is 1.62. The van der Waals surface area contributed by atoms with Crippen LogP contribution in [0, 0.1) is 0 Å². The molecule has 0 unspecified atom stereocenters. The van der Waals surface area contributed by atoms with E-state index in [1.165, 1.54) is 6.07 Å². The van der Waals surface area contributed by atoms with Crippen molar-refractivity contribution in [2.24, 2.45) is 0 Å². The standard InChI is InChI=1S/C26H23N5O3/c1-2-23(32)27-20-13-9-12-19(16-20)25(33)28-29-26(34)22-17-31(21-14-7-4-8-15-21)30-24(22)18-10-5-3-6-11-18/h3-17H,2H2,1H3,(H,27,32)(H,28,33)(H,29,34). The van der Waals surface area contributed by atoms with Crippen LogP contribution in [0.2, 0.25) is 0 Å². The molecule has 34 heavy (non-hydrogen) atoms. The zero-order valence-corrected chi connectivity index (χ0v) is 18.5. The molecule has 3 aromatic carbocycles. The Morgan fingerprint density at radius 3 is 2.21 bits per heavy atom. The number of nitrogens with one attached hydrogen (secondary N) is 3. The second-order valence-electron chi connectivity index (χ2n) is 7.43. The molecule has 8 nitrogen and oxygen atoms in total. The van der Waals surface area contributed by atoms with Gasteiger partial charge >= 0.3 is 0 Å². The molecule has 3 N–H and O–H groups in total. The van der Waals surface area contributed by atoms with Gasteiger partial charge in [0.1, 0.15) is 5.69 Å². The van der Waals surface area contributed by atoms with Crippen molar-refractivity contribution >= 4 is 23.4 Å². The monoisotopic (exact) mass is 453 g/mol. The number of aromatic nitrogens is 2. The summed E-state index contributed by atoms with van der Waals surface area (Å²) in [5, 5.41) is 7.31. The second kappa shape index (κ2) is 10.3. The first kappa shape index (κ1) is 22.5. The van der Waals surface area contributed by atoms with Crippen molar-refractivity contribution in [2.45, 2.75) is 13.3 Å². The number of hydrazine groups is 1. The molecule has 1 heterocycles. The van der Waals surface area contributed by atoms with Crippen molar-refractivity contribution in [1.82, 2.24) is 20.6 Å². The summed E-state index contributed by atoms with van der Waals surface area (Å²) in [5.74, 6) is -1.18. The SMILES string of the molecule is CCC(=O)Nc1cccc(C(=O)NNC(=O)c2cn(-c3ccccc3)nc2-c2ccccc2)c1. The van der Waals surface area contributed by atoms with E-state index >= 15 is 0 Å². The fraction of sp³-hybridized carbons (Fsp3) is 0.0769. The molecule has 0 saturated carbocycles. The van der Waals surface area contributed by atoms with Gasteiger partial charge in [-0.1, -0.05) is 61.5 Å². The number of carbonyl (C=O) groups excluding carboxylic acids is 3. The molecule has 0 aliphatic rings. The number of amides is 3. The first-order chi connectivity index (χ1) is 16.5. The molecule has 1 aromatic heterocycles. The Morgan fingerprint density at radius 2 is 1.50 bits per heavy atom. The summed E-state index contributed by atoms with van der Waals surface area (Å²) in [6.45, 7) is 1.74. The first-order valence-electron chi connectivity index (χ1n) is 10.8. The van der Waals surface area contributed by atoms with E-state index in [2.05, 4.69) is 21.3 Å². The molecule has 8 heteroatoms. The van der Waals surface area contributed by atoms with Crippen LogP contribution in [0.4, 0.5) is 5.69 Å². The van der Waals surface area contributed by atoms with Crippen LogP contribution < -0.4 is 16.2 Å². The average molecular weight is 454 g/mol. The lowest BCUT2D eigenvalue weighted by Crippen LogP contribution is -2.41. The van der Waals surface area contributed by atoms with Gasteiger partial charge < -0.3 is 5.32 Å². The van der Waals surface area contributed by atoms with Crippen molar-refractivity contribution in [3.63, 3.8) is 0 Å². The minimum atomic E-state index is -0.516.